The van der Waals surface area contributed by atoms with Gasteiger partial charge in [-0.1, -0.05) is 20.3 Å². The second-order valence-electron chi connectivity index (χ2n) is 5.50. The molecule has 1 heterocycles. The smallest absolute Gasteiger partial charge is 0.246 e. The summed E-state index contributed by atoms with van der Waals surface area (Å²) in [6.45, 7) is 6.76. The van der Waals surface area contributed by atoms with Crippen molar-refractivity contribution in [3.63, 3.8) is 0 Å². The van der Waals surface area contributed by atoms with E-state index < -0.39 is 0 Å². The van der Waals surface area contributed by atoms with Gasteiger partial charge >= 0.3 is 0 Å². The Morgan fingerprint density at radius 1 is 1.41 bits per heavy atom. The van der Waals surface area contributed by atoms with Gasteiger partial charge in [0.15, 0.2) is 0 Å². The molecule has 1 N–H and O–H groups in total. The van der Waals surface area contributed by atoms with Crippen LogP contribution >= 0.6 is 0 Å². The lowest BCUT2D eigenvalue weighted by Crippen LogP contribution is -2.63. The fourth-order valence-corrected chi connectivity index (χ4v) is 2.31. The Hall–Kier alpha value is -1.06. The number of piperazine rings is 1. The fourth-order valence-electron chi connectivity index (χ4n) is 2.31. The molecule has 17 heavy (non-hydrogen) atoms. The summed E-state index contributed by atoms with van der Waals surface area (Å²) in [7, 11) is 0. The first-order chi connectivity index (χ1) is 8.04. The quantitative estimate of drug-likeness (QED) is 0.799. The minimum absolute atomic E-state index is 0.00445. The molecule has 1 saturated carbocycles. The first kappa shape index (κ1) is 12.4. The highest BCUT2D eigenvalue weighted by molar-refractivity contribution is 5.97. The van der Waals surface area contributed by atoms with Crippen LogP contribution in [0.15, 0.2) is 0 Å². The lowest BCUT2D eigenvalue weighted by Gasteiger charge is -2.38. The van der Waals surface area contributed by atoms with Crippen LogP contribution in [0.5, 0.6) is 0 Å². The van der Waals surface area contributed by atoms with E-state index in [1.807, 2.05) is 6.92 Å². The van der Waals surface area contributed by atoms with E-state index in [1.54, 1.807) is 4.90 Å². The van der Waals surface area contributed by atoms with E-state index in [4.69, 9.17) is 0 Å². The van der Waals surface area contributed by atoms with Crippen LogP contribution in [0.25, 0.3) is 0 Å². The van der Waals surface area contributed by atoms with Crippen LogP contribution in [0, 0.1) is 11.8 Å². The van der Waals surface area contributed by atoms with E-state index in [2.05, 4.69) is 19.2 Å². The molecule has 1 saturated heterocycles. The number of nitrogens with zero attached hydrogens (tertiary/aromatic N) is 1. The molecular weight excluding hydrogens is 216 g/mol. The lowest BCUT2D eigenvalue weighted by molar-refractivity contribution is -0.149. The molecule has 96 valence electrons. The first-order valence-electron chi connectivity index (χ1n) is 6.65. The number of amides is 2. The highest BCUT2D eigenvalue weighted by Crippen LogP contribution is 2.35. The van der Waals surface area contributed by atoms with Crippen molar-refractivity contribution >= 4 is 11.8 Å². The van der Waals surface area contributed by atoms with Gasteiger partial charge in [-0.15, -0.1) is 0 Å². The molecule has 0 bridgehead atoms. The number of hydrogen-bond acceptors (Lipinski definition) is 2. The maximum absolute atomic E-state index is 12.3. The Balaban J connectivity index is 2.09. The molecule has 2 rings (SSSR count). The molecule has 1 aliphatic carbocycles. The van der Waals surface area contributed by atoms with Crippen molar-refractivity contribution in [1.82, 2.24) is 10.2 Å². The molecule has 0 radical (unpaired) electrons. The standard InChI is InChI=1S/C13H22N2O2/c1-4-8(2)7-15-9(3)12(16)14-11(13(15)17)10-5-6-10/h8-11H,4-7H2,1-3H3,(H,14,16). The average Bonchev–Trinajstić information content (AvgIpc) is 3.13. The van der Waals surface area contributed by atoms with Gasteiger partial charge in [0.05, 0.1) is 0 Å². The van der Waals surface area contributed by atoms with Crippen molar-refractivity contribution in [2.24, 2.45) is 11.8 Å². The van der Waals surface area contributed by atoms with E-state index in [0.717, 1.165) is 19.3 Å². The van der Waals surface area contributed by atoms with Crippen LogP contribution in [0.4, 0.5) is 0 Å². The predicted octanol–water partition coefficient (Wildman–Crippen LogP) is 1.16. The summed E-state index contributed by atoms with van der Waals surface area (Å²) in [5, 5.41) is 2.87. The Bertz CT molecular complexity index is 325. The summed E-state index contributed by atoms with van der Waals surface area (Å²) in [4.78, 5) is 26.0. The predicted molar refractivity (Wildman–Crippen MR) is 65.3 cm³/mol. The minimum Gasteiger partial charge on any atom is -0.342 e. The number of carbonyl (C=O) groups is 2. The van der Waals surface area contributed by atoms with Gasteiger partial charge in [0.1, 0.15) is 12.1 Å². The van der Waals surface area contributed by atoms with Gasteiger partial charge in [-0.2, -0.15) is 0 Å². The average molecular weight is 238 g/mol. The summed E-state index contributed by atoms with van der Waals surface area (Å²) in [6.07, 6.45) is 3.18. The molecule has 0 spiro atoms. The molecule has 3 unspecified atom stereocenters. The zero-order valence-corrected chi connectivity index (χ0v) is 10.9. The summed E-state index contributed by atoms with van der Waals surface area (Å²) < 4.78 is 0. The van der Waals surface area contributed by atoms with E-state index in [-0.39, 0.29) is 23.9 Å². The molecular formula is C13H22N2O2. The van der Waals surface area contributed by atoms with Gasteiger partial charge in [-0.3, -0.25) is 9.59 Å². The maximum Gasteiger partial charge on any atom is 0.246 e. The van der Waals surface area contributed by atoms with Crippen molar-refractivity contribution in [3.05, 3.63) is 0 Å². The van der Waals surface area contributed by atoms with E-state index in [1.165, 1.54) is 0 Å². The third-order valence-corrected chi connectivity index (χ3v) is 3.99. The highest BCUT2D eigenvalue weighted by atomic mass is 16.2. The van der Waals surface area contributed by atoms with Gasteiger partial charge in [-0.25, -0.2) is 0 Å². The Morgan fingerprint density at radius 3 is 2.59 bits per heavy atom. The van der Waals surface area contributed by atoms with E-state index >= 15 is 0 Å². The fraction of sp³-hybridized carbons (Fsp3) is 0.846. The van der Waals surface area contributed by atoms with Gasteiger partial charge in [0.2, 0.25) is 11.8 Å². The summed E-state index contributed by atoms with van der Waals surface area (Å²) in [6, 6.07) is -0.561. The normalized spacial score (nSPS) is 31.4. The molecule has 2 aliphatic rings. The summed E-state index contributed by atoms with van der Waals surface area (Å²) in [5.74, 6) is 0.968. The highest BCUT2D eigenvalue weighted by Gasteiger charge is 2.45. The lowest BCUT2D eigenvalue weighted by atomic mass is 10.0. The van der Waals surface area contributed by atoms with Gasteiger partial charge < -0.3 is 10.2 Å². The Kier molecular flexibility index (Phi) is 3.40. The minimum atomic E-state index is -0.313. The number of rotatable bonds is 4. The van der Waals surface area contributed by atoms with Gasteiger partial charge in [-0.05, 0) is 31.6 Å². The van der Waals surface area contributed by atoms with Crippen LogP contribution in [0.2, 0.25) is 0 Å². The first-order valence-corrected chi connectivity index (χ1v) is 6.65. The van der Waals surface area contributed by atoms with Gasteiger partial charge in [0.25, 0.3) is 0 Å². The third kappa shape index (κ3) is 2.45. The second kappa shape index (κ2) is 4.67. The zero-order valence-electron chi connectivity index (χ0n) is 10.9. The summed E-state index contributed by atoms with van der Waals surface area (Å²) >= 11 is 0. The van der Waals surface area contributed by atoms with Gasteiger partial charge in [0, 0.05) is 6.54 Å². The molecule has 0 aromatic heterocycles. The van der Waals surface area contributed by atoms with Crippen LogP contribution < -0.4 is 5.32 Å². The van der Waals surface area contributed by atoms with E-state index in [9.17, 15) is 9.59 Å². The van der Waals surface area contributed by atoms with Crippen molar-refractivity contribution in [2.45, 2.75) is 52.1 Å². The molecule has 0 aromatic carbocycles. The second-order valence-corrected chi connectivity index (χ2v) is 5.50. The summed E-state index contributed by atoms with van der Waals surface area (Å²) in [5.41, 5.74) is 0. The van der Waals surface area contributed by atoms with Crippen molar-refractivity contribution in [3.8, 4) is 0 Å². The Morgan fingerprint density at radius 2 is 2.06 bits per heavy atom. The third-order valence-electron chi connectivity index (χ3n) is 3.99. The molecule has 4 heteroatoms. The Labute approximate surface area is 103 Å². The largest absolute Gasteiger partial charge is 0.342 e. The zero-order chi connectivity index (χ0) is 12.6. The SMILES string of the molecule is CCC(C)CN1C(=O)C(C2CC2)NC(=O)C1C. The van der Waals surface area contributed by atoms with E-state index in [0.29, 0.717) is 18.4 Å². The molecule has 1 aliphatic heterocycles. The van der Waals surface area contributed by atoms with Crippen LogP contribution in [-0.2, 0) is 9.59 Å². The van der Waals surface area contributed by atoms with Crippen molar-refractivity contribution in [2.75, 3.05) is 6.54 Å². The molecule has 2 fully saturated rings. The molecule has 3 atom stereocenters. The number of nitrogens with one attached hydrogen (secondary N) is 1. The maximum atomic E-state index is 12.3. The van der Waals surface area contributed by atoms with Crippen LogP contribution in [-0.4, -0.2) is 35.3 Å². The van der Waals surface area contributed by atoms with Crippen molar-refractivity contribution in [1.29, 1.82) is 0 Å². The number of carbonyl (C=O) groups excluding carboxylic acids is 2. The molecule has 4 nitrogen and oxygen atoms in total. The molecule has 0 aromatic rings. The molecule has 2 amide bonds. The monoisotopic (exact) mass is 238 g/mol. The van der Waals surface area contributed by atoms with Crippen LogP contribution in [0.3, 0.4) is 0 Å². The van der Waals surface area contributed by atoms with Crippen molar-refractivity contribution < 1.29 is 9.59 Å². The number of hydrogen-bond donors (Lipinski definition) is 1. The van der Waals surface area contributed by atoms with Crippen LogP contribution in [0.1, 0.15) is 40.0 Å². The topological polar surface area (TPSA) is 49.4 Å².